The van der Waals surface area contributed by atoms with Crippen LogP contribution in [0.5, 0.6) is 23.0 Å². The molecule has 1 spiro atoms. The van der Waals surface area contributed by atoms with Gasteiger partial charge < -0.3 is 24.3 Å². The third kappa shape index (κ3) is 4.37. The molecule has 2 heterocycles. The summed E-state index contributed by atoms with van der Waals surface area (Å²) < 4.78 is 22.2. The summed E-state index contributed by atoms with van der Waals surface area (Å²) in [5.41, 5.74) is -0.328. The number of allylic oxidation sites excluding steroid dienone is 1. The second kappa shape index (κ2) is 10.2. The molecule has 0 saturated heterocycles. The lowest BCUT2D eigenvalue weighted by molar-refractivity contribution is -0.129. The minimum atomic E-state index is -1.80. The first kappa shape index (κ1) is 26.5. The summed E-state index contributed by atoms with van der Waals surface area (Å²) in [6, 6.07) is 6.38. The molecule has 0 bridgehead atoms. The number of hydrogen-bond acceptors (Lipinski definition) is 10. The van der Waals surface area contributed by atoms with Crippen molar-refractivity contribution in [2.24, 2.45) is 5.92 Å². The van der Waals surface area contributed by atoms with Gasteiger partial charge in [0, 0.05) is 40.9 Å². The molecule has 1 aromatic heterocycles. The number of methoxy groups -OCH3 is 3. The molecular formula is C27H24ClN3O7S. The first-order chi connectivity index (χ1) is 18.7. The van der Waals surface area contributed by atoms with Crippen molar-refractivity contribution >= 4 is 51.2 Å². The van der Waals surface area contributed by atoms with Crippen LogP contribution in [0, 0.1) is 5.92 Å². The number of carbonyl (C=O) groups excluding carboxylic acids is 3. The second-order valence-corrected chi connectivity index (χ2v) is 10.2. The topological polar surface area (TPSA) is 125 Å². The van der Waals surface area contributed by atoms with E-state index in [-0.39, 0.29) is 40.2 Å². The van der Waals surface area contributed by atoms with Crippen LogP contribution >= 0.6 is 22.9 Å². The molecule has 2 aliphatic rings. The molecule has 1 aliphatic carbocycles. The molecule has 0 fully saturated rings. The SMILES string of the molecule is COc1ccc(C(=O)Nc2nccs2)cc1NC1=CC(=O)[C@@]2(Oc3c(Cl)c(OC)cc(OC)c3C2=O)[C@H](C)C1. The van der Waals surface area contributed by atoms with Gasteiger partial charge in [0.25, 0.3) is 5.91 Å². The first-order valence-electron chi connectivity index (χ1n) is 11.8. The molecule has 0 radical (unpaired) electrons. The molecule has 2 N–H and O–H groups in total. The Kier molecular flexibility index (Phi) is 6.96. The van der Waals surface area contributed by atoms with Gasteiger partial charge >= 0.3 is 0 Å². The fourth-order valence-electron chi connectivity index (χ4n) is 4.79. The molecule has 202 valence electrons. The lowest BCUT2D eigenvalue weighted by atomic mass is 9.74. The summed E-state index contributed by atoms with van der Waals surface area (Å²) >= 11 is 7.76. The molecule has 2 atom stereocenters. The molecule has 0 unspecified atom stereocenters. The number of halogens is 1. The Morgan fingerprint density at radius 1 is 1.13 bits per heavy atom. The molecule has 5 rings (SSSR count). The smallest absolute Gasteiger partial charge is 0.257 e. The van der Waals surface area contributed by atoms with Gasteiger partial charge in [0.2, 0.25) is 17.2 Å². The standard InChI is InChI=1S/C27H24ClN3O7S/c1-13-9-15(30-16-10-14(5-6-17(16)35-2)25(34)31-26-29-7-8-39-26)11-20(32)27(13)24(33)21-18(36-3)12-19(37-4)22(28)23(21)38-27/h5-8,10-13,30H,9H2,1-4H3,(H,29,31,34)/t13-,27+/m1/s1. The summed E-state index contributed by atoms with van der Waals surface area (Å²) in [6.07, 6.45) is 3.21. The molecule has 0 saturated carbocycles. The minimum absolute atomic E-state index is 0.0588. The predicted octanol–water partition coefficient (Wildman–Crippen LogP) is 4.99. The minimum Gasteiger partial charge on any atom is -0.496 e. The average molecular weight is 570 g/mol. The molecule has 1 amide bonds. The van der Waals surface area contributed by atoms with E-state index in [4.69, 9.17) is 30.5 Å². The highest BCUT2D eigenvalue weighted by Gasteiger charge is 2.60. The zero-order chi connectivity index (χ0) is 27.9. The quantitative estimate of drug-likeness (QED) is 0.378. The number of hydrogen-bond donors (Lipinski definition) is 2. The van der Waals surface area contributed by atoms with Crippen molar-refractivity contribution in [3.05, 3.63) is 63.8 Å². The van der Waals surface area contributed by atoms with Crippen LogP contribution in [0.4, 0.5) is 10.8 Å². The number of thiazole rings is 1. The highest BCUT2D eigenvalue weighted by Crippen LogP contribution is 2.53. The van der Waals surface area contributed by atoms with E-state index in [1.807, 2.05) is 0 Å². The van der Waals surface area contributed by atoms with Gasteiger partial charge in [-0.3, -0.25) is 19.7 Å². The largest absolute Gasteiger partial charge is 0.496 e. The number of ketones is 2. The predicted molar refractivity (Wildman–Crippen MR) is 146 cm³/mol. The number of Topliss-reactive ketones (excluding diaryl/α,β-unsaturated/α-hetero) is 1. The summed E-state index contributed by atoms with van der Waals surface area (Å²) in [7, 11) is 4.34. The Morgan fingerprint density at radius 3 is 2.51 bits per heavy atom. The van der Waals surface area contributed by atoms with E-state index < -0.39 is 23.1 Å². The lowest BCUT2D eigenvalue weighted by Gasteiger charge is -2.35. The Morgan fingerprint density at radius 2 is 1.87 bits per heavy atom. The van der Waals surface area contributed by atoms with Crippen LogP contribution < -0.4 is 29.6 Å². The van der Waals surface area contributed by atoms with Crippen molar-refractivity contribution < 1.29 is 33.3 Å². The Labute approximate surface area is 232 Å². The maximum absolute atomic E-state index is 13.7. The highest BCUT2D eigenvalue weighted by atomic mass is 35.5. The van der Waals surface area contributed by atoms with Crippen LogP contribution in [0.3, 0.4) is 0 Å². The normalized spacial score (nSPS) is 19.7. The van der Waals surface area contributed by atoms with E-state index in [1.165, 1.54) is 44.8 Å². The van der Waals surface area contributed by atoms with Gasteiger partial charge in [-0.05, 0) is 24.6 Å². The highest BCUT2D eigenvalue weighted by molar-refractivity contribution is 7.13. The van der Waals surface area contributed by atoms with Gasteiger partial charge in [-0.25, -0.2) is 4.98 Å². The Bertz CT molecular complexity index is 1520. The van der Waals surface area contributed by atoms with Crippen LogP contribution in [0.2, 0.25) is 5.02 Å². The molecule has 12 heteroatoms. The summed E-state index contributed by atoms with van der Waals surface area (Å²) in [4.78, 5) is 44.1. The fraction of sp³-hybridized carbons (Fsp3) is 0.259. The number of ether oxygens (including phenoxy) is 4. The molecular weight excluding hydrogens is 546 g/mol. The number of rotatable bonds is 7. The number of carbonyl (C=O) groups is 3. The van der Waals surface area contributed by atoms with Crippen LogP contribution in [-0.2, 0) is 4.79 Å². The number of fused-ring (bicyclic) bond motifs is 1. The van der Waals surface area contributed by atoms with Crippen molar-refractivity contribution in [2.45, 2.75) is 18.9 Å². The average Bonchev–Trinajstić information content (AvgIpc) is 3.55. The Hall–Kier alpha value is -4.09. The van der Waals surface area contributed by atoms with Crippen molar-refractivity contribution in [3.63, 3.8) is 0 Å². The van der Waals surface area contributed by atoms with Gasteiger partial charge in [0.15, 0.2) is 10.9 Å². The summed E-state index contributed by atoms with van der Waals surface area (Å²) in [5, 5.41) is 8.25. The second-order valence-electron chi connectivity index (χ2n) is 8.94. The number of nitrogens with one attached hydrogen (secondary N) is 2. The van der Waals surface area contributed by atoms with Gasteiger partial charge in [0.05, 0.1) is 27.0 Å². The third-order valence-electron chi connectivity index (χ3n) is 6.72. The summed E-state index contributed by atoms with van der Waals surface area (Å²) in [5.74, 6) is -0.999. The van der Waals surface area contributed by atoms with Crippen molar-refractivity contribution in [1.82, 2.24) is 4.98 Å². The maximum Gasteiger partial charge on any atom is 0.257 e. The number of nitrogens with zero attached hydrogens (tertiary/aromatic N) is 1. The van der Waals surface area contributed by atoms with Crippen LogP contribution in [0.15, 0.2) is 47.6 Å². The molecule has 3 aromatic rings. The van der Waals surface area contributed by atoms with Crippen molar-refractivity contribution in [1.29, 1.82) is 0 Å². The van der Waals surface area contributed by atoms with E-state index in [0.29, 0.717) is 27.8 Å². The third-order valence-corrected chi connectivity index (χ3v) is 7.77. The van der Waals surface area contributed by atoms with Gasteiger partial charge in [-0.1, -0.05) is 18.5 Å². The Balaban J connectivity index is 1.45. The molecule has 39 heavy (non-hydrogen) atoms. The van der Waals surface area contributed by atoms with E-state index >= 15 is 0 Å². The monoisotopic (exact) mass is 569 g/mol. The lowest BCUT2D eigenvalue weighted by Crippen LogP contribution is -2.55. The molecule has 10 nitrogen and oxygen atoms in total. The van der Waals surface area contributed by atoms with Crippen molar-refractivity contribution in [2.75, 3.05) is 32.0 Å². The van der Waals surface area contributed by atoms with E-state index in [1.54, 1.807) is 36.7 Å². The number of benzene rings is 2. The summed E-state index contributed by atoms with van der Waals surface area (Å²) in [6.45, 7) is 1.75. The number of amides is 1. The van der Waals surface area contributed by atoms with Crippen molar-refractivity contribution in [3.8, 4) is 23.0 Å². The van der Waals surface area contributed by atoms with Gasteiger partial charge in [0.1, 0.15) is 27.8 Å². The fourth-order valence-corrected chi connectivity index (χ4v) is 5.58. The molecule has 2 aromatic carbocycles. The van der Waals surface area contributed by atoms with Crippen LogP contribution in [-0.4, -0.2) is 49.4 Å². The maximum atomic E-state index is 13.7. The van der Waals surface area contributed by atoms with Gasteiger partial charge in [-0.15, -0.1) is 11.3 Å². The molecule has 1 aliphatic heterocycles. The zero-order valence-electron chi connectivity index (χ0n) is 21.4. The number of anilines is 2. The first-order valence-corrected chi connectivity index (χ1v) is 13.1. The van der Waals surface area contributed by atoms with E-state index in [9.17, 15) is 14.4 Å². The van der Waals surface area contributed by atoms with E-state index in [2.05, 4.69) is 15.6 Å². The van der Waals surface area contributed by atoms with Crippen LogP contribution in [0.25, 0.3) is 0 Å². The van der Waals surface area contributed by atoms with E-state index in [0.717, 1.165) is 0 Å². The number of aromatic nitrogens is 1. The zero-order valence-corrected chi connectivity index (χ0v) is 23.0. The van der Waals surface area contributed by atoms with Gasteiger partial charge in [-0.2, -0.15) is 0 Å². The van der Waals surface area contributed by atoms with Crippen LogP contribution in [0.1, 0.15) is 34.1 Å².